The molecule has 1 aliphatic carbocycles. The fourth-order valence-electron chi connectivity index (χ4n) is 6.76. The Hall–Kier alpha value is -6.62. The quantitative estimate of drug-likeness (QED) is 0.0368. The lowest BCUT2D eigenvalue weighted by atomic mass is 9.81. The smallest absolute Gasteiger partial charge is 0.266 e. The number of hydrazine groups is 1. The minimum Gasteiger partial charge on any atom is -0.494 e. The number of benzene rings is 5. The van der Waals surface area contributed by atoms with Crippen LogP contribution in [0.3, 0.4) is 0 Å². The van der Waals surface area contributed by atoms with Crippen LogP contribution in [0.15, 0.2) is 137 Å². The Balaban J connectivity index is 1.34. The lowest BCUT2D eigenvalue weighted by Crippen LogP contribution is -2.54. The molecule has 5 aromatic carbocycles. The van der Waals surface area contributed by atoms with Gasteiger partial charge in [0.25, 0.3) is 5.91 Å². The molecule has 0 unspecified atom stereocenters. The first-order valence-corrected chi connectivity index (χ1v) is 16.7. The summed E-state index contributed by atoms with van der Waals surface area (Å²) in [7, 11) is 0. The van der Waals surface area contributed by atoms with Crippen molar-refractivity contribution in [1.82, 2.24) is 10.9 Å². The van der Waals surface area contributed by atoms with Crippen LogP contribution in [0.25, 0.3) is 32.0 Å². The highest BCUT2D eigenvalue weighted by Gasteiger charge is 2.54. The number of aliphatic imine (C=N–C) groups is 1. The van der Waals surface area contributed by atoms with Crippen molar-refractivity contribution >= 4 is 23.2 Å². The summed E-state index contributed by atoms with van der Waals surface area (Å²) in [5.74, 6) is 0.245. The second kappa shape index (κ2) is 15.1. The zero-order valence-corrected chi connectivity index (χ0v) is 27.8. The van der Waals surface area contributed by atoms with Crippen LogP contribution in [0.2, 0.25) is 0 Å². The van der Waals surface area contributed by atoms with E-state index in [-0.39, 0.29) is 30.7 Å². The van der Waals surface area contributed by atoms with Crippen molar-refractivity contribution in [2.75, 3.05) is 13.2 Å². The van der Waals surface area contributed by atoms with Gasteiger partial charge in [-0.3, -0.25) is 10.2 Å². The van der Waals surface area contributed by atoms with E-state index in [0.717, 1.165) is 22.3 Å². The first-order chi connectivity index (χ1) is 25.6. The first-order valence-electron chi connectivity index (χ1n) is 16.7. The maximum Gasteiger partial charge on any atom is 0.266 e. The number of carbonyl (C=O) groups excluding carboxylic acids is 1. The number of rotatable bonds is 13. The second-order valence-electron chi connectivity index (χ2n) is 12.2. The zero-order chi connectivity index (χ0) is 35.9. The number of ether oxygens (including phenoxy) is 2. The summed E-state index contributed by atoms with van der Waals surface area (Å²) in [6, 6.07) is 36.6. The number of azide groups is 2. The number of hydrogen-bond donors (Lipinski definition) is 3. The minimum absolute atomic E-state index is 0.0169. The van der Waals surface area contributed by atoms with Gasteiger partial charge in [0.1, 0.15) is 5.75 Å². The minimum atomic E-state index is -1.71. The Morgan fingerprint density at radius 3 is 2.08 bits per heavy atom. The van der Waals surface area contributed by atoms with Crippen molar-refractivity contribution in [1.29, 1.82) is 0 Å². The molecular formula is C39H33N9O4. The van der Waals surface area contributed by atoms with Crippen molar-refractivity contribution in [3.05, 3.63) is 170 Å². The van der Waals surface area contributed by atoms with Crippen LogP contribution in [0.5, 0.6) is 5.75 Å². The Morgan fingerprint density at radius 2 is 1.40 bits per heavy atom. The van der Waals surface area contributed by atoms with E-state index in [1.165, 1.54) is 0 Å². The van der Waals surface area contributed by atoms with Gasteiger partial charge >= 0.3 is 0 Å². The van der Waals surface area contributed by atoms with Gasteiger partial charge in [-0.2, -0.15) is 0 Å². The van der Waals surface area contributed by atoms with E-state index in [1.54, 1.807) is 72.8 Å². The summed E-state index contributed by atoms with van der Waals surface area (Å²) < 4.78 is 12.4. The predicted octanol–water partition coefficient (Wildman–Crippen LogP) is 8.22. The summed E-state index contributed by atoms with van der Waals surface area (Å²) >= 11 is 0. The van der Waals surface area contributed by atoms with Crippen LogP contribution in [0, 0.1) is 0 Å². The Labute approximate surface area is 298 Å². The molecule has 0 saturated carbocycles. The Morgan fingerprint density at radius 1 is 0.808 bits per heavy atom. The van der Waals surface area contributed by atoms with Gasteiger partial charge in [0.15, 0.2) is 11.6 Å². The van der Waals surface area contributed by atoms with Crippen LogP contribution < -0.4 is 15.6 Å². The first kappa shape index (κ1) is 33.9. The Bertz CT molecular complexity index is 2200. The van der Waals surface area contributed by atoms with Crippen molar-refractivity contribution in [2.45, 2.75) is 30.5 Å². The average molecular weight is 692 g/mol. The lowest BCUT2D eigenvalue weighted by molar-refractivity contribution is -0.130. The van der Waals surface area contributed by atoms with Crippen molar-refractivity contribution < 1.29 is 19.4 Å². The maximum absolute atomic E-state index is 15.0. The molecular weight excluding hydrogens is 658 g/mol. The van der Waals surface area contributed by atoms with E-state index < -0.39 is 17.6 Å². The van der Waals surface area contributed by atoms with E-state index >= 15 is 4.79 Å². The van der Waals surface area contributed by atoms with Crippen LogP contribution in [-0.4, -0.2) is 35.7 Å². The van der Waals surface area contributed by atoms with Gasteiger partial charge in [0.2, 0.25) is 5.90 Å². The van der Waals surface area contributed by atoms with E-state index in [4.69, 9.17) is 19.6 Å². The normalized spacial score (nSPS) is 17.1. The molecule has 1 amide bonds. The number of aliphatic hydroxyl groups is 1. The number of aliphatic hydroxyl groups excluding tert-OH is 1. The zero-order valence-electron chi connectivity index (χ0n) is 27.8. The van der Waals surface area contributed by atoms with E-state index in [0.29, 0.717) is 41.2 Å². The van der Waals surface area contributed by atoms with Gasteiger partial charge in [0, 0.05) is 51.8 Å². The lowest BCUT2D eigenvalue weighted by Gasteiger charge is -2.32. The van der Waals surface area contributed by atoms with Crippen LogP contribution >= 0.6 is 0 Å². The molecule has 2 aliphatic rings. The van der Waals surface area contributed by atoms with Crippen LogP contribution in [0.4, 0.5) is 11.4 Å². The van der Waals surface area contributed by atoms with Crippen molar-refractivity contribution in [2.24, 2.45) is 15.2 Å². The van der Waals surface area contributed by atoms with Gasteiger partial charge in [-0.1, -0.05) is 107 Å². The average Bonchev–Trinajstić information content (AvgIpc) is 3.72. The van der Waals surface area contributed by atoms with Gasteiger partial charge in [0.05, 0.1) is 12.6 Å². The molecule has 5 aromatic rings. The molecule has 13 nitrogen and oxygen atoms in total. The topological polar surface area (TPSA) is 190 Å². The number of fused-ring (bicyclic) bond motifs is 3. The molecule has 258 valence electrons. The summed E-state index contributed by atoms with van der Waals surface area (Å²) in [6.07, 6.45) is -0.645. The summed E-state index contributed by atoms with van der Waals surface area (Å²) in [5.41, 5.74) is 29.8. The molecule has 13 heteroatoms. The highest BCUT2D eigenvalue weighted by atomic mass is 16.5. The molecule has 0 saturated heterocycles. The fourth-order valence-corrected chi connectivity index (χ4v) is 6.76. The monoisotopic (exact) mass is 691 g/mol. The van der Waals surface area contributed by atoms with Crippen LogP contribution in [0.1, 0.15) is 46.4 Å². The van der Waals surface area contributed by atoms with E-state index in [1.807, 2.05) is 36.4 Å². The molecule has 0 aromatic heterocycles. The number of hydrogen-bond acceptors (Lipinski definition) is 8. The summed E-state index contributed by atoms with van der Waals surface area (Å²) in [5, 5.41) is 17.0. The summed E-state index contributed by atoms with van der Waals surface area (Å²) in [4.78, 5) is 26.2. The predicted molar refractivity (Wildman–Crippen MR) is 196 cm³/mol. The van der Waals surface area contributed by atoms with Gasteiger partial charge in [-0.05, 0) is 63.1 Å². The molecule has 0 bridgehead atoms. The van der Waals surface area contributed by atoms with Gasteiger partial charge in [-0.25, -0.2) is 10.4 Å². The Kier molecular flexibility index (Phi) is 9.83. The highest BCUT2D eigenvalue weighted by molar-refractivity contribution is 6.01. The number of amides is 1. The molecule has 52 heavy (non-hydrogen) atoms. The number of nitrogens with zero attached hydrogens (tertiary/aromatic N) is 7. The molecule has 0 spiro atoms. The molecule has 2 atom stereocenters. The number of nitrogens with one attached hydrogen (secondary N) is 2. The molecule has 0 radical (unpaired) electrons. The fraction of sp³-hybridized carbons (Fsp3) is 0.179. The third kappa shape index (κ3) is 6.51. The van der Waals surface area contributed by atoms with Crippen molar-refractivity contribution in [3.8, 4) is 16.9 Å². The van der Waals surface area contributed by atoms with E-state index in [9.17, 15) is 11.1 Å². The van der Waals surface area contributed by atoms with E-state index in [2.05, 4.69) is 43.0 Å². The molecule has 3 N–H and O–H groups in total. The van der Waals surface area contributed by atoms with Gasteiger partial charge < -0.3 is 14.6 Å². The largest absolute Gasteiger partial charge is 0.494 e. The maximum atomic E-state index is 15.0. The molecule has 1 aliphatic heterocycles. The number of carbonyl (C=O) groups is 1. The standard InChI is InChI=1S/C39H33N9O4/c40-47-43-33-16-7-1-10-26(33)24-39(38(50)46-45-35-30-13-4-2-11-28(30)29-12-3-5-14-31(29)35)36(32-15-6-8-17-34(32)44-48-41)52-37(42-39)25-18-20-27(21-19-25)51-23-9-22-49/h1-8,10-21,35-36,45,49H,9,22-24H2,(H,46,50)/t36-,39-/m0/s1. The van der Waals surface area contributed by atoms with Crippen molar-refractivity contribution in [3.63, 3.8) is 0 Å². The third-order valence-electron chi connectivity index (χ3n) is 9.17. The second-order valence-corrected chi connectivity index (χ2v) is 12.2. The summed E-state index contributed by atoms with van der Waals surface area (Å²) in [6.45, 7) is 0.366. The van der Waals surface area contributed by atoms with Crippen LogP contribution in [-0.2, 0) is 16.0 Å². The molecule has 1 heterocycles. The molecule has 7 rings (SSSR count). The third-order valence-corrected chi connectivity index (χ3v) is 9.17. The van der Waals surface area contributed by atoms with Gasteiger partial charge in [-0.15, -0.1) is 0 Å². The molecule has 0 fully saturated rings. The highest BCUT2D eigenvalue weighted by Crippen LogP contribution is 2.47. The SMILES string of the molecule is [N-]=[N+]=Nc1ccccc1C[C@]1(C(=O)NNC2c3ccccc3-c3ccccc32)N=C(c2ccc(OCCCO)cc2)O[C@H]1c1ccccc1N=[N+]=[N-].